The molecule has 98 valence electrons. The molecule has 18 heavy (non-hydrogen) atoms. The average molecular weight is 267 g/mol. The van der Waals surface area contributed by atoms with E-state index in [2.05, 4.69) is 9.97 Å². The molecule has 2 aliphatic heterocycles. The second-order valence-corrected chi connectivity index (χ2v) is 6.58. The van der Waals surface area contributed by atoms with E-state index in [0.717, 1.165) is 31.0 Å². The van der Waals surface area contributed by atoms with Crippen molar-refractivity contribution in [2.45, 2.75) is 24.2 Å². The number of carbonyl (C=O) groups is 1. The Morgan fingerprint density at radius 2 is 2.44 bits per heavy atom. The van der Waals surface area contributed by atoms with Crippen LogP contribution in [0.2, 0.25) is 0 Å². The molecule has 5 nitrogen and oxygen atoms in total. The number of hydrogen-bond acceptors (Lipinski definition) is 4. The maximum Gasteiger partial charge on any atom is 0.274 e. The van der Waals surface area contributed by atoms with Gasteiger partial charge in [0, 0.05) is 31.6 Å². The number of rotatable bonds is 2. The van der Waals surface area contributed by atoms with Crippen LogP contribution in [0.3, 0.4) is 0 Å². The van der Waals surface area contributed by atoms with Crippen LogP contribution in [0.1, 0.15) is 22.6 Å². The number of methoxy groups -OCH3 is 1. The normalized spacial score (nSPS) is 25.4. The Morgan fingerprint density at radius 1 is 1.67 bits per heavy atom. The monoisotopic (exact) mass is 267 g/mol. The average Bonchev–Trinajstić information content (AvgIpc) is 2.92. The summed E-state index contributed by atoms with van der Waals surface area (Å²) in [5.74, 6) is 1.08. The Kier molecular flexibility index (Phi) is 2.86. The van der Waals surface area contributed by atoms with Crippen LogP contribution in [-0.2, 0) is 4.74 Å². The molecule has 1 amide bonds. The molecule has 0 aliphatic carbocycles. The number of amides is 1. The predicted molar refractivity (Wildman–Crippen MR) is 69.8 cm³/mol. The molecule has 2 saturated heterocycles. The molecule has 1 aromatic heterocycles. The second-order valence-electron chi connectivity index (χ2n) is 5.09. The number of aryl methyl sites for hydroxylation is 1. The van der Waals surface area contributed by atoms with Gasteiger partial charge in [-0.15, -0.1) is 11.8 Å². The van der Waals surface area contributed by atoms with Crippen LogP contribution >= 0.6 is 11.8 Å². The smallest absolute Gasteiger partial charge is 0.274 e. The van der Waals surface area contributed by atoms with E-state index in [1.165, 1.54) is 0 Å². The Morgan fingerprint density at radius 3 is 3.00 bits per heavy atom. The zero-order valence-electron chi connectivity index (χ0n) is 10.6. The highest BCUT2D eigenvalue weighted by Gasteiger charge is 2.51. The summed E-state index contributed by atoms with van der Waals surface area (Å²) in [6, 6.07) is 0. The zero-order valence-corrected chi connectivity index (χ0v) is 11.4. The lowest BCUT2D eigenvalue weighted by Crippen LogP contribution is -2.60. The van der Waals surface area contributed by atoms with Gasteiger partial charge in [-0.3, -0.25) is 4.79 Å². The minimum absolute atomic E-state index is 0.0424. The molecular formula is C12H17N3O2S. The molecule has 0 saturated carbocycles. The number of nitrogens with zero attached hydrogens (tertiary/aromatic N) is 2. The van der Waals surface area contributed by atoms with Crippen LogP contribution in [0.25, 0.3) is 0 Å². The number of likely N-dealkylation sites (tertiary alicyclic amines) is 1. The van der Waals surface area contributed by atoms with Gasteiger partial charge in [-0.1, -0.05) is 0 Å². The largest absolute Gasteiger partial charge is 0.381 e. The topological polar surface area (TPSA) is 58.2 Å². The van der Waals surface area contributed by atoms with Gasteiger partial charge in [-0.05, 0) is 13.3 Å². The molecule has 0 radical (unpaired) electrons. The number of imidazole rings is 1. The van der Waals surface area contributed by atoms with E-state index in [-0.39, 0.29) is 10.7 Å². The molecule has 2 aliphatic rings. The molecular weight excluding hydrogens is 250 g/mol. The van der Waals surface area contributed by atoms with Crippen molar-refractivity contribution >= 4 is 17.7 Å². The van der Waals surface area contributed by atoms with Gasteiger partial charge in [0.15, 0.2) is 0 Å². The predicted octanol–water partition coefficient (Wildman–Crippen LogP) is 1.06. The Balaban J connectivity index is 1.63. The number of thioether (sulfide) groups is 1. The molecule has 1 N–H and O–H groups in total. The minimum Gasteiger partial charge on any atom is -0.381 e. The number of carbonyl (C=O) groups excluding carboxylic acids is 1. The lowest BCUT2D eigenvalue weighted by Gasteiger charge is -2.47. The number of aromatic nitrogens is 2. The Hall–Kier alpha value is -1.01. The number of nitrogens with one attached hydrogen (secondary N) is 1. The van der Waals surface area contributed by atoms with E-state index < -0.39 is 0 Å². The fourth-order valence-electron chi connectivity index (χ4n) is 2.69. The van der Waals surface area contributed by atoms with Crippen LogP contribution in [0.15, 0.2) is 6.33 Å². The van der Waals surface area contributed by atoms with Crippen molar-refractivity contribution in [3.63, 3.8) is 0 Å². The van der Waals surface area contributed by atoms with Gasteiger partial charge in [-0.2, -0.15) is 0 Å². The highest BCUT2D eigenvalue weighted by atomic mass is 32.2. The lowest BCUT2D eigenvalue weighted by atomic mass is 9.92. The maximum atomic E-state index is 12.2. The molecule has 1 aromatic rings. The third-order valence-corrected chi connectivity index (χ3v) is 5.36. The van der Waals surface area contributed by atoms with Gasteiger partial charge in [0.2, 0.25) is 0 Å². The summed E-state index contributed by atoms with van der Waals surface area (Å²) in [4.78, 5) is 21.1. The van der Waals surface area contributed by atoms with E-state index in [0.29, 0.717) is 11.8 Å². The number of H-pyrrole nitrogens is 1. The van der Waals surface area contributed by atoms with E-state index >= 15 is 0 Å². The molecule has 0 aromatic carbocycles. The summed E-state index contributed by atoms with van der Waals surface area (Å²) < 4.78 is 5.62. The van der Waals surface area contributed by atoms with Crippen LogP contribution in [0.4, 0.5) is 0 Å². The van der Waals surface area contributed by atoms with Crippen molar-refractivity contribution in [3.8, 4) is 0 Å². The number of ether oxygens (including phenoxy) is 1. The molecule has 3 heterocycles. The summed E-state index contributed by atoms with van der Waals surface area (Å²) in [6.07, 6.45) is 2.97. The maximum absolute atomic E-state index is 12.2. The fraction of sp³-hybridized carbons (Fsp3) is 0.667. The second kappa shape index (κ2) is 4.28. The molecule has 6 heteroatoms. The van der Waals surface area contributed by atoms with Crippen molar-refractivity contribution in [1.82, 2.24) is 14.9 Å². The summed E-state index contributed by atoms with van der Waals surface area (Å²) in [6.45, 7) is 3.52. The first kappa shape index (κ1) is 12.0. The molecule has 2 fully saturated rings. The zero-order chi connectivity index (χ0) is 12.8. The quantitative estimate of drug-likeness (QED) is 0.870. The third kappa shape index (κ3) is 1.83. The number of hydrogen-bond donors (Lipinski definition) is 1. The van der Waals surface area contributed by atoms with Gasteiger partial charge in [0.1, 0.15) is 5.69 Å². The van der Waals surface area contributed by atoms with Crippen LogP contribution < -0.4 is 0 Å². The minimum atomic E-state index is 0.0424. The Bertz CT molecular complexity index is 468. The van der Waals surface area contributed by atoms with Gasteiger partial charge in [0.05, 0.1) is 17.2 Å². The Labute approximate surface area is 110 Å². The van der Waals surface area contributed by atoms with Gasteiger partial charge >= 0.3 is 0 Å². The first-order chi connectivity index (χ1) is 8.63. The summed E-state index contributed by atoms with van der Waals surface area (Å²) >= 11 is 1.94. The molecule has 3 rings (SSSR count). The van der Waals surface area contributed by atoms with Gasteiger partial charge in [-0.25, -0.2) is 4.98 Å². The van der Waals surface area contributed by atoms with Crippen molar-refractivity contribution < 1.29 is 9.53 Å². The fourth-order valence-corrected chi connectivity index (χ4v) is 4.28. The summed E-state index contributed by atoms with van der Waals surface area (Å²) in [7, 11) is 1.76. The van der Waals surface area contributed by atoms with E-state index in [1.807, 2.05) is 23.6 Å². The lowest BCUT2D eigenvalue weighted by molar-refractivity contribution is 0.0446. The van der Waals surface area contributed by atoms with Gasteiger partial charge in [0.25, 0.3) is 5.91 Å². The van der Waals surface area contributed by atoms with Crippen molar-refractivity contribution in [1.29, 1.82) is 0 Å². The van der Waals surface area contributed by atoms with Crippen LogP contribution in [-0.4, -0.2) is 57.6 Å². The highest BCUT2D eigenvalue weighted by molar-refractivity contribution is 8.01. The van der Waals surface area contributed by atoms with Gasteiger partial charge < -0.3 is 14.6 Å². The molecule has 1 atom stereocenters. The van der Waals surface area contributed by atoms with Crippen LogP contribution in [0.5, 0.6) is 0 Å². The summed E-state index contributed by atoms with van der Waals surface area (Å²) in [5.41, 5.74) is 1.39. The summed E-state index contributed by atoms with van der Waals surface area (Å²) in [5, 5.41) is 0. The molecule has 0 bridgehead atoms. The van der Waals surface area contributed by atoms with E-state index in [1.54, 1.807) is 13.4 Å². The SMILES string of the molecule is CO[C@@H]1CSC2(C1)CN(C(=O)c1nc[nH]c1C)C2. The van der Waals surface area contributed by atoms with Crippen LogP contribution in [0, 0.1) is 6.92 Å². The van der Waals surface area contributed by atoms with E-state index in [9.17, 15) is 4.79 Å². The highest BCUT2D eigenvalue weighted by Crippen LogP contribution is 2.46. The molecule has 0 unspecified atom stereocenters. The standard InChI is InChI=1S/C12H17N3O2S/c1-8-10(14-7-13-8)11(16)15-5-12(6-15)3-9(17-2)4-18-12/h7,9H,3-6H2,1-2H3,(H,13,14)/t9-/m0/s1. The van der Waals surface area contributed by atoms with E-state index in [4.69, 9.17) is 4.74 Å². The third-order valence-electron chi connectivity index (χ3n) is 3.79. The van der Waals surface area contributed by atoms with Crippen molar-refractivity contribution in [3.05, 3.63) is 17.7 Å². The first-order valence-corrected chi connectivity index (χ1v) is 7.08. The van der Waals surface area contributed by atoms with Crippen molar-refractivity contribution in [2.75, 3.05) is 26.0 Å². The van der Waals surface area contributed by atoms with Crippen molar-refractivity contribution in [2.24, 2.45) is 0 Å². The number of aromatic amines is 1. The molecule has 1 spiro atoms. The first-order valence-electron chi connectivity index (χ1n) is 6.09.